The summed E-state index contributed by atoms with van der Waals surface area (Å²) in [7, 11) is -2.07. The molecule has 1 amide bonds. The molecule has 0 N–H and O–H groups in total. The molecule has 1 fully saturated rings. The normalized spacial score (nSPS) is 19.4. The van der Waals surface area contributed by atoms with Gasteiger partial charge in [0, 0.05) is 24.9 Å². The van der Waals surface area contributed by atoms with E-state index in [9.17, 15) is 13.2 Å². The maximum absolute atomic E-state index is 12.5. The topological polar surface area (TPSA) is 72.9 Å². The summed E-state index contributed by atoms with van der Waals surface area (Å²) in [4.78, 5) is 14.2. The van der Waals surface area contributed by atoms with Crippen LogP contribution in [-0.4, -0.2) is 58.4 Å². The van der Waals surface area contributed by atoms with Crippen LogP contribution in [0.15, 0.2) is 23.1 Å². The molecule has 7 heteroatoms. The molecular weight excluding hydrogens is 294 g/mol. The van der Waals surface area contributed by atoms with Crippen molar-refractivity contribution >= 4 is 15.7 Å². The number of morpholine rings is 1. The number of rotatable bonds is 3. The maximum Gasteiger partial charge on any atom is 0.254 e. The van der Waals surface area contributed by atoms with E-state index in [2.05, 4.69) is 0 Å². The van der Waals surface area contributed by atoms with Gasteiger partial charge >= 0.3 is 0 Å². The van der Waals surface area contributed by atoms with Crippen LogP contribution in [0.1, 0.15) is 17.3 Å². The summed E-state index contributed by atoms with van der Waals surface area (Å²) in [5.74, 6) is 0.0436. The Hall–Kier alpha value is -1.60. The van der Waals surface area contributed by atoms with E-state index in [4.69, 9.17) is 9.47 Å². The monoisotopic (exact) mass is 313 g/mol. The second-order valence-electron chi connectivity index (χ2n) is 5.07. The molecule has 0 saturated carbocycles. The van der Waals surface area contributed by atoms with E-state index in [0.717, 1.165) is 6.26 Å². The molecule has 6 nitrogen and oxygen atoms in total. The molecule has 1 saturated heterocycles. The molecule has 1 unspecified atom stereocenters. The molecule has 1 aromatic carbocycles. The summed E-state index contributed by atoms with van der Waals surface area (Å²) >= 11 is 0. The summed E-state index contributed by atoms with van der Waals surface area (Å²) in [5.41, 5.74) is 0.338. The van der Waals surface area contributed by atoms with Crippen molar-refractivity contribution in [1.29, 1.82) is 0 Å². The Bertz CT molecular complexity index is 641. The van der Waals surface area contributed by atoms with Crippen molar-refractivity contribution in [2.75, 3.05) is 33.1 Å². The predicted molar refractivity (Wildman–Crippen MR) is 77.4 cm³/mol. The van der Waals surface area contributed by atoms with Gasteiger partial charge < -0.3 is 14.4 Å². The summed E-state index contributed by atoms with van der Waals surface area (Å²) < 4.78 is 34.0. The predicted octanol–water partition coefficient (Wildman–Crippen LogP) is 0.960. The van der Waals surface area contributed by atoms with Crippen LogP contribution in [0.3, 0.4) is 0 Å². The van der Waals surface area contributed by atoms with Gasteiger partial charge in [-0.1, -0.05) is 0 Å². The van der Waals surface area contributed by atoms with Crippen LogP contribution in [0.25, 0.3) is 0 Å². The van der Waals surface area contributed by atoms with Gasteiger partial charge in [-0.15, -0.1) is 0 Å². The van der Waals surface area contributed by atoms with Crippen LogP contribution < -0.4 is 4.74 Å². The molecule has 1 aliphatic heterocycles. The van der Waals surface area contributed by atoms with Crippen LogP contribution in [0.5, 0.6) is 5.75 Å². The first-order valence-corrected chi connectivity index (χ1v) is 8.51. The number of nitrogens with zero attached hydrogens (tertiary/aromatic N) is 1. The molecule has 0 bridgehead atoms. The molecule has 1 aliphatic rings. The van der Waals surface area contributed by atoms with Crippen molar-refractivity contribution in [3.05, 3.63) is 23.8 Å². The number of benzene rings is 1. The summed E-state index contributed by atoms with van der Waals surface area (Å²) in [6.07, 6.45) is 1.07. The van der Waals surface area contributed by atoms with Crippen LogP contribution in [0.4, 0.5) is 0 Å². The standard InChI is InChI=1S/C14H19NO5S/c1-10-9-15(6-7-20-10)14(16)11-4-5-12(19-2)13(8-11)21(3,17)18/h4-5,8,10H,6-7,9H2,1-3H3. The van der Waals surface area contributed by atoms with Gasteiger partial charge in [0.1, 0.15) is 10.6 Å². The van der Waals surface area contributed by atoms with Gasteiger partial charge in [-0.2, -0.15) is 0 Å². The molecule has 2 rings (SSSR count). The number of sulfone groups is 1. The third kappa shape index (κ3) is 3.54. The summed E-state index contributed by atoms with van der Waals surface area (Å²) in [6, 6.07) is 4.46. The summed E-state index contributed by atoms with van der Waals surface area (Å²) in [5, 5.41) is 0. The van der Waals surface area contributed by atoms with Crippen molar-refractivity contribution in [2.45, 2.75) is 17.9 Å². The SMILES string of the molecule is COc1ccc(C(=O)N2CCOC(C)C2)cc1S(C)(=O)=O. The fraction of sp³-hybridized carbons (Fsp3) is 0.500. The first kappa shape index (κ1) is 15.8. The number of carbonyl (C=O) groups is 1. The highest BCUT2D eigenvalue weighted by Crippen LogP contribution is 2.25. The highest BCUT2D eigenvalue weighted by atomic mass is 32.2. The van der Waals surface area contributed by atoms with Gasteiger partial charge in [0.2, 0.25) is 0 Å². The number of amides is 1. The first-order chi connectivity index (χ1) is 9.82. The minimum atomic E-state index is -3.46. The smallest absolute Gasteiger partial charge is 0.254 e. The lowest BCUT2D eigenvalue weighted by molar-refractivity contribution is -0.0124. The zero-order valence-corrected chi connectivity index (χ0v) is 13.1. The minimum absolute atomic E-state index is 0.0182. The van der Waals surface area contributed by atoms with E-state index in [1.807, 2.05) is 6.92 Å². The first-order valence-electron chi connectivity index (χ1n) is 6.62. The Balaban J connectivity index is 2.34. The maximum atomic E-state index is 12.5. The number of hydrogen-bond acceptors (Lipinski definition) is 5. The quantitative estimate of drug-likeness (QED) is 0.831. The lowest BCUT2D eigenvalue weighted by Gasteiger charge is -2.31. The molecule has 1 atom stereocenters. The third-order valence-electron chi connectivity index (χ3n) is 3.34. The van der Waals surface area contributed by atoms with Gasteiger partial charge in [-0.3, -0.25) is 4.79 Å². The molecular formula is C14H19NO5S. The minimum Gasteiger partial charge on any atom is -0.495 e. The number of hydrogen-bond donors (Lipinski definition) is 0. The van der Waals surface area contributed by atoms with Crippen LogP contribution in [0.2, 0.25) is 0 Å². The van der Waals surface area contributed by atoms with E-state index >= 15 is 0 Å². The summed E-state index contributed by atoms with van der Waals surface area (Å²) in [6.45, 7) is 3.39. The lowest BCUT2D eigenvalue weighted by Crippen LogP contribution is -2.44. The second kappa shape index (κ2) is 6.03. The van der Waals surface area contributed by atoms with Crippen LogP contribution in [0, 0.1) is 0 Å². The van der Waals surface area contributed by atoms with E-state index in [1.165, 1.54) is 19.2 Å². The van der Waals surface area contributed by atoms with Gasteiger partial charge in [-0.25, -0.2) is 8.42 Å². The Kier molecular flexibility index (Phi) is 4.53. The molecule has 1 heterocycles. The van der Waals surface area contributed by atoms with Gasteiger partial charge in [0.25, 0.3) is 5.91 Å². The second-order valence-corrected chi connectivity index (χ2v) is 7.05. The fourth-order valence-corrected chi connectivity index (χ4v) is 3.14. The fourth-order valence-electron chi connectivity index (χ4n) is 2.28. The lowest BCUT2D eigenvalue weighted by atomic mass is 10.1. The molecule has 0 spiro atoms. The molecule has 116 valence electrons. The van der Waals surface area contributed by atoms with E-state index in [-0.39, 0.29) is 22.7 Å². The average Bonchev–Trinajstić information content (AvgIpc) is 2.45. The van der Waals surface area contributed by atoms with Crippen molar-refractivity contribution in [1.82, 2.24) is 4.90 Å². The van der Waals surface area contributed by atoms with Crippen LogP contribution in [-0.2, 0) is 14.6 Å². The Morgan fingerprint density at radius 1 is 1.43 bits per heavy atom. The third-order valence-corrected chi connectivity index (χ3v) is 4.46. The molecule has 0 aliphatic carbocycles. The van der Waals surface area contributed by atoms with Crippen molar-refractivity contribution < 1.29 is 22.7 Å². The highest BCUT2D eigenvalue weighted by molar-refractivity contribution is 7.90. The molecule has 21 heavy (non-hydrogen) atoms. The van der Waals surface area contributed by atoms with Crippen molar-refractivity contribution in [3.8, 4) is 5.75 Å². The van der Waals surface area contributed by atoms with Crippen molar-refractivity contribution in [2.24, 2.45) is 0 Å². The number of ether oxygens (including phenoxy) is 2. The Morgan fingerprint density at radius 2 is 2.14 bits per heavy atom. The Morgan fingerprint density at radius 3 is 2.71 bits per heavy atom. The zero-order chi connectivity index (χ0) is 15.6. The Labute approximate surface area is 124 Å². The van der Waals surface area contributed by atoms with E-state index < -0.39 is 9.84 Å². The zero-order valence-electron chi connectivity index (χ0n) is 12.3. The van der Waals surface area contributed by atoms with Gasteiger partial charge in [0.05, 0.1) is 19.8 Å². The van der Waals surface area contributed by atoms with Gasteiger partial charge in [0.15, 0.2) is 9.84 Å². The van der Waals surface area contributed by atoms with E-state index in [1.54, 1.807) is 11.0 Å². The van der Waals surface area contributed by atoms with Crippen molar-refractivity contribution in [3.63, 3.8) is 0 Å². The van der Waals surface area contributed by atoms with E-state index in [0.29, 0.717) is 25.3 Å². The molecule has 0 radical (unpaired) electrons. The number of carbonyl (C=O) groups excluding carboxylic acids is 1. The van der Waals surface area contributed by atoms with Gasteiger partial charge in [-0.05, 0) is 25.1 Å². The molecule has 1 aromatic rings. The average molecular weight is 313 g/mol. The van der Waals surface area contributed by atoms with Crippen LogP contribution >= 0.6 is 0 Å². The number of methoxy groups -OCH3 is 1. The highest BCUT2D eigenvalue weighted by Gasteiger charge is 2.24. The largest absolute Gasteiger partial charge is 0.495 e. The molecule has 0 aromatic heterocycles.